The summed E-state index contributed by atoms with van der Waals surface area (Å²) in [5.74, 6) is -1.01. The van der Waals surface area contributed by atoms with Crippen LogP contribution in [0.4, 0.5) is 10.1 Å². The Bertz CT molecular complexity index is 718. The van der Waals surface area contributed by atoms with E-state index in [2.05, 4.69) is 10.2 Å². The van der Waals surface area contributed by atoms with E-state index in [1.807, 2.05) is 0 Å². The number of nitrogens with two attached hydrogens (primary N) is 1. The Morgan fingerprint density at radius 3 is 2.80 bits per heavy atom. The van der Waals surface area contributed by atoms with Crippen molar-refractivity contribution in [2.24, 2.45) is 0 Å². The van der Waals surface area contributed by atoms with Gasteiger partial charge in [-0.1, -0.05) is 11.6 Å². The van der Waals surface area contributed by atoms with Crippen LogP contribution in [0.2, 0.25) is 5.02 Å². The highest BCUT2D eigenvalue weighted by Crippen LogP contribution is 2.28. The van der Waals surface area contributed by atoms with Crippen LogP contribution in [0.5, 0.6) is 0 Å². The number of aromatic nitrogens is 2. The lowest BCUT2D eigenvalue weighted by Gasteiger charge is -2.17. The van der Waals surface area contributed by atoms with E-state index in [4.69, 9.17) is 17.3 Å². The second-order valence-corrected chi connectivity index (χ2v) is 6.60. The first-order chi connectivity index (χ1) is 9.32. The number of anilines is 1. The Kier molecular flexibility index (Phi) is 3.98. The van der Waals surface area contributed by atoms with Gasteiger partial charge in [0, 0.05) is 31.0 Å². The van der Waals surface area contributed by atoms with Gasteiger partial charge in [0.25, 0.3) is 0 Å². The summed E-state index contributed by atoms with van der Waals surface area (Å²) >= 11 is 5.62. The van der Waals surface area contributed by atoms with Crippen LogP contribution in [0.1, 0.15) is 5.56 Å². The van der Waals surface area contributed by atoms with Gasteiger partial charge in [0.05, 0.1) is 11.2 Å². The van der Waals surface area contributed by atoms with E-state index < -0.39 is 20.7 Å². The van der Waals surface area contributed by atoms with Crippen LogP contribution < -0.4 is 5.73 Å². The minimum absolute atomic E-state index is 0.0463. The zero-order valence-corrected chi connectivity index (χ0v) is 12.0. The van der Waals surface area contributed by atoms with Crippen molar-refractivity contribution in [1.82, 2.24) is 14.5 Å². The molecule has 1 heterocycles. The number of hydrogen-bond acceptors (Lipinski definition) is 4. The van der Waals surface area contributed by atoms with Crippen LogP contribution in [0, 0.1) is 5.82 Å². The average molecular weight is 319 g/mol. The zero-order chi connectivity index (χ0) is 14.9. The summed E-state index contributed by atoms with van der Waals surface area (Å²) in [4.78, 5) is -0.548. The Labute approximate surface area is 120 Å². The van der Waals surface area contributed by atoms with Crippen LogP contribution in [-0.4, -0.2) is 30.0 Å². The zero-order valence-electron chi connectivity index (χ0n) is 10.5. The fourth-order valence-corrected chi connectivity index (χ4v) is 3.21. The van der Waals surface area contributed by atoms with E-state index in [1.54, 1.807) is 6.20 Å². The lowest BCUT2D eigenvalue weighted by atomic mass is 10.3. The molecule has 0 aliphatic heterocycles. The van der Waals surface area contributed by atoms with E-state index in [0.29, 0.717) is 5.56 Å². The number of hydrogen-bond donors (Lipinski definition) is 2. The molecule has 0 atom stereocenters. The molecule has 6 nitrogen and oxygen atoms in total. The van der Waals surface area contributed by atoms with Gasteiger partial charge in [0.15, 0.2) is 5.82 Å². The van der Waals surface area contributed by atoms with Gasteiger partial charge in [-0.3, -0.25) is 5.10 Å². The van der Waals surface area contributed by atoms with Crippen molar-refractivity contribution in [1.29, 1.82) is 0 Å². The number of benzene rings is 1. The van der Waals surface area contributed by atoms with Crippen molar-refractivity contribution in [3.05, 3.63) is 40.9 Å². The van der Waals surface area contributed by atoms with Crippen molar-refractivity contribution in [2.75, 3.05) is 12.8 Å². The van der Waals surface area contributed by atoms with E-state index in [1.165, 1.54) is 13.2 Å². The summed E-state index contributed by atoms with van der Waals surface area (Å²) in [5.41, 5.74) is 6.23. The fraction of sp³-hybridized carbons (Fsp3) is 0.182. The molecule has 0 aliphatic carbocycles. The van der Waals surface area contributed by atoms with Gasteiger partial charge in [-0.05, 0) is 12.1 Å². The van der Waals surface area contributed by atoms with Gasteiger partial charge in [-0.15, -0.1) is 0 Å². The molecule has 0 fully saturated rings. The maximum Gasteiger partial charge on any atom is 0.246 e. The van der Waals surface area contributed by atoms with Gasteiger partial charge in [-0.25, -0.2) is 12.8 Å². The lowest BCUT2D eigenvalue weighted by Crippen LogP contribution is -2.27. The third-order valence-corrected chi connectivity index (χ3v) is 4.74. The summed E-state index contributed by atoms with van der Waals surface area (Å²) in [5, 5.41) is 5.95. The number of rotatable bonds is 4. The highest BCUT2D eigenvalue weighted by atomic mass is 35.5. The maximum atomic E-state index is 13.9. The number of sulfonamides is 1. The molecule has 0 spiro atoms. The molecule has 2 aromatic rings. The first kappa shape index (κ1) is 14.8. The molecule has 0 unspecified atom stereocenters. The van der Waals surface area contributed by atoms with Gasteiger partial charge in [0.1, 0.15) is 4.90 Å². The maximum absolute atomic E-state index is 13.9. The quantitative estimate of drug-likeness (QED) is 0.838. The van der Waals surface area contributed by atoms with Crippen LogP contribution in [0.3, 0.4) is 0 Å². The van der Waals surface area contributed by atoms with Crippen LogP contribution in [-0.2, 0) is 16.6 Å². The van der Waals surface area contributed by atoms with E-state index in [0.717, 1.165) is 16.4 Å². The van der Waals surface area contributed by atoms with Crippen molar-refractivity contribution < 1.29 is 12.8 Å². The van der Waals surface area contributed by atoms with Gasteiger partial charge in [-0.2, -0.15) is 9.40 Å². The summed E-state index contributed by atoms with van der Waals surface area (Å²) in [7, 11) is -2.71. The predicted octanol–water partition coefficient (Wildman–Crippen LogP) is 1.61. The highest BCUT2D eigenvalue weighted by Gasteiger charge is 2.26. The van der Waals surface area contributed by atoms with Gasteiger partial charge >= 0.3 is 0 Å². The Morgan fingerprint density at radius 1 is 1.50 bits per heavy atom. The minimum Gasteiger partial charge on any atom is -0.399 e. The monoisotopic (exact) mass is 318 g/mol. The standard InChI is InChI=1S/C11H12ClFN4O2S/c1-17(6-7-4-15-16-5-7)20(18,19)10-3-8(14)2-9(12)11(10)13/h2-5H,6,14H2,1H3,(H,15,16). The molecule has 0 aliphatic rings. The van der Waals surface area contributed by atoms with Gasteiger partial charge < -0.3 is 5.73 Å². The average Bonchev–Trinajstić information content (AvgIpc) is 2.86. The van der Waals surface area contributed by atoms with Gasteiger partial charge in [0.2, 0.25) is 10.0 Å². The number of H-pyrrole nitrogens is 1. The van der Waals surface area contributed by atoms with Crippen molar-refractivity contribution in [3.8, 4) is 0 Å². The smallest absolute Gasteiger partial charge is 0.246 e. The molecular formula is C11H12ClFN4O2S. The molecule has 9 heteroatoms. The largest absolute Gasteiger partial charge is 0.399 e. The molecule has 0 bridgehead atoms. The molecule has 0 saturated heterocycles. The molecule has 2 rings (SSSR count). The molecule has 108 valence electrons. The topological polar surface area (TPSA) is 92.1 Å². The number of nitrogen functional groups attached to an aromatic ring is 1. The number of halogens is 2. The SMILES string of the molecule is CN(Cc1cn[nH]c1)S(=O)(=O)c1cc(N)cc(Cl)c1F. The third kappa shape index (κ3) is 2.77. The van der Waals surface area contributed by atoms with Crippen molar-refractivity contribution in [3.63, 3.8) is 0 Å². The molecule has 0 amide bonds. The molecule has 0 radical (unpaired) electrons. The molecule has 20 heavy (non-hydrogen) atoms. The van der Waals surface area contributed by atoms with E-state index >= 15 is 0 Å². The first-order valence-corrected chi connectivity index (χ1v) is 7.32. The highest BCUT2D eigenvalue weighted by molar-refractivity contribution is 7.89. The molecule has 1 aromatic heterocycles. The second-order valence-electron chi connectivity index (χ2n) is 4.18. The Balaban J connectivity index is 2.40. The second kappa shape index (κ2) is 5.39. The van der Waals surface area contributed by atoms with Crippen LogP contribution in [0.25, 0.3) is 0 Å². The lowest BCUT2D eigenvalue weighted by molar-refractivity contribution is 0.460. The minimum atomic E-state index is -4.04. The number of aromatic amines is 1. The number of nitrogens with one attached hydrogen (secondary N) is 1. The van der Waals surface area contributed by atoms with Crippen LogP contribution >= 0.6 is 11.6 Å². The van der Waals surface area contributed by atoms with Crippen LogP contribution in [0.15, 0.2) is 29.4 Å². The van der Waals surface area contributed by atoms with E-state index in [9.17, 15) is 12.8 Å². The van der Waals surface area contributed by atoms with Crippen molar-refractivity contribution in [2.45, 2.75) is 11.4 Å². The van der Waals surface area contributed by atoms with Crippen molar-refractivity contribution >= 4 is 27.3 Å². The summed E-state index contributed by atoms with van der Waals surface area (Å²) in [6.07, 6.45) is 3.03. The molecule has 0 saturated carbocycles. The fourth-order valence-electron chi connectivity index (χ4n) is 1.65. The third-order valence-electron chi connectivity index (χ3n) is 2.67. The molecular weight excluding hydrogens is 307 g/mol. The normalized spacial score (nSPS) is 12.0. The summed E-state index contributed by atoms with van der Waals surface area (Å²) in [6.45, 7) is 0.0463. The molecule has 1 aromatic carbocycles. The number of nitrogens with zero attached hydrogens (tertiary/aromatic N) is 2. The first-order valence-electron chi connectivity index (χ1n) is 5.51. The Hall–Kier alpha value is -1.64. The van der Waals surface area contributed by atoms with E-state index in [-0.39, 0.29) is 17.3 Å². The summed E-state index contributed by atoms with van der Waals surface area (Å²) in [6, 6.07) is 2.20. The Morgan fingerprint density at radius 2 is 2.20 bits per heavy atom. The summed E-state index contributed by atoms with van der Waals surface area (Å²) < 4.78 is 39.5. The predicted molar refractivity (Wildman–Crippen MR) is 73.1 cm³/mol. The molecule has 3 N–H and O–H groups in total.